The van der Waals surface area contributed by atoms with Crippen LogP contribution in [0.3, 0.4) is 0 Å². The number of nitrogens with zero attached hydrogens (tertiary/aromatic N) is 3. The normalized spacial score (nSPS) is 21.6. The Balaban J connectivity index is 1.78. The number of cyclic esters (lactones) is 1. The number of carbonyl (C=O) groups is 2. The van der Waals surface area contributed by atoms with Gasteiger partial charge in [0.05, 0.1) is 17.9 Å². The number of hydrazone groups is 1. The average molecular weight is 398 g/mol. The third kappa shape index (κ3) is 3.24. The number of rotatable bonds is 4. The number of anilines is 1. The Hall–Kier alpha value is -2.86. The van der Waals surface area contributed by atoms with Crippen LogP contribution >= 0.6 is 11.6 Å². The highest BCUT2D eigenvalue weighted by atomic mass is 35.5. The second-order valence-corrected chi connectivity index (χ2v) is 7.18. The molecule has 1 saturated heterocycles. The van der Waals surface area contributed by atoms with Gasteiger partial charge in [0.1, 0.15) is 12.6 Å². The van der Waals surface area contributed by atoms with Crippen molar-refractivity contribution >= 4 is 35.0 Å². The van der Waals surface area contributed by atoms with E-state index in [0.29, 0.717) is 11.4 Å². The Morgan fingerprint density at radius 3 is 2.64 bits per heavy atom. The monoisotopic (exact) mass is 397 g/mol. The van der Waals surface area contributed by atoms with Gasteiger partial charge in [-0.3, -0.25) is 9.80 Å². The van der Waals surface area contributed by atoms with Crippen LogP contribution in [-0.2, 0) is 9.53 Å². The van der Waals surface area contributed by atoms with Gasteiger partial charge in [0.25, 0.3) is 5.91 Å². The molecule has 28 heavy (non-hydrogen) atoms. The van der Waals surface area contributed by atoms with E-state index in [1.54, 1.807) is 11.1 Å². The molecular weight excluding hydrogens is 378 g/mol. The van der Waals surface area contributed by atoms with Gasteiger partial charge in [0.15, 0.2) is 0 Å². The topological polar surface area (TPSA) is 62.2 Å². The molecule has 2 aromatic rings. The van der Waals surface area contributed by atoms with Gasteiger partial charge in [-0.2, -0.15) is 5.10 Å². The van der Waals surface area contributed by atoms with Crippen LogP contribution in [-0.4, -0.2) is 41.8 Å². The summed E-state index contributed by atoms with van der Waals surface area (Å²) in [5, 5.41) is 7.14. The highest BCUT2D eigenvalue weighted by Crippen LogP contribution is 2.34. The summed E-state index contributed by atoms with van der Waals surface area (Å²) in [4.78, 5) is 26.5. The van der Waals surface area contributed by atoms with Crippen molar-refractivity contribution in [2.45, 2.75) is 19.4 Å². The maximum absolute atomic E-state index is 13.3. The fraction of sp³-hybridized carbons (Fsp3) is 0.286. The van der Waals surface area contributed by atoms with Crippen molar-refractivity contribution in [2.24, 2.45) is 11.0 Å². The summed E-state index contributed by atoms with van der Waals surface area (Å²) in [6, 6.07) is 16.4. The molecule has 7 heteroatoms. The zero-order valence-corrected chi connectivity index (χ0v) is 16.2. The summed E-state index contributed by atoms with van der Waals surface area (Å²) in [6.45, 7) is 2.50. The van der Waals surface area contributed by atoms with Gasteiger partial charge in [0.2, 0.25) is 0 Å². The van der Waals surface area contributed by atoms with Crippen molar-refractivity contribution in [2.75, 3.05) is 18.2 Å². The third-order valence-electron chi connectivity index (χ3n) is 5.07. The van der Waals surface area contributed by atoms with Gasteiger partial charge in [-0.1, -0.05) is 48.9 Å². The van der Waals surface area contributed by atoms with Crippen LogP contribution in [0.1, 0.15) is 18.9 Å². The molecule has 0 saturated carbocycles. The van der Waals surface area contributed by atoms with E-state index in [-0.39, 0.29) is 25.0 Å². The number of amides is 2. The van der Waals surface area contributed by atoms with E-state index in [0.717, 1.165) is 17.0 Å². The predicted molar refractivity (Wildman–Crippen MR) is 108 cm³/mol. The van der Waals surface area contributed by atoms with Gasteiger partial charge >= 0.3 is 6.09 Å². The molecule has 2 atom stereocenters. The van der Waals surface area contributed by atoms with Gasteiger partial charge < -0.3 is 4.74 Å². The van der Waals surface area contributed by atoms with Crippen LogP contribution < -0.4 is 5.01 Å². The van der Waals surface area contributed by atoms with Crippen LogP contribution in [0, 0.1) is 5.92 Å². The second-order valence-electron chi connectivity index (χ2n) is 6.74. The lowest BCUT2D eigenvalue weighted by atomic mass is 9.88. The Morgan fingerprint density at radius 1 is 1.21 bits per heavy atom. The molecule has 0 N–H and O–H groups in total. The molecular formula is C21H20ClN3O3. The van der Waals surface area contributed by atoms with Gasteiger partial charge in [-0.05, 0) is 36.2 Å². The number of carbonyl (C=O) groups excluding carboxylic acids is 2. The zero-order valence-electron chi connectivity index (χ0n) is 15.4. The smallest absolute Gasteiger partial charge is 0.416 e. The Kier molecular flexibility index (Phi) is 5.05. The molecule has 0 aliphatic carbocycles. The SMILES string of the molecule is CC[C@H]1C(c2cccc(Cl)c2)=NN(c2ccccc2)[C@@H]1C(=O)N1CCOC1=O. The van der Waals surface area contributed by atoms with Gasteiger partial charge in [-0.15, -0.1) is 0 Å². The number of hydrogen-bond donors (Lipinski definition) is 0. The predicted octanol–water partition coefficient (Wildman–Crippen LogP) is 3.94. The average Bonchev–Trinajstić information content (AvgIpc) is 3.31. The number of benzene rings is 2. The lowest BCUT2D eigenvalue weighted by Gasteiger charge is -2.28. The summed E-state index contributed by atoms with van der Waals surface area (Å²) in [7, 11) is 0. The molecule has 6 nitrogen and oxygen atoms in total. The summed E-state index contributed by atoms with van der Waals surface area (Å²) < 4.78 is 4.98. The number of imide groups is 1. The van der Waals surface area contributed by atoms with Crippen molar-refractivity contribution in [1.29, 1.82) is 0 Å². The maximum Gasteiger partial charge on any atom is 0.416 e. The Bertz CT molecular complexity index is 932. The van der Waals surface area contributed by atoms with Crippen molar-refractivity contribution in [3.63, 3.8) is 0 Å². The van der Waals surface area contributed by atoms with Gasteiger partial charge in [-0.25, -0.2) is 9.69 Å². The fourth-order valence-electron chi connectivity index (χ4n) is 3.74. The van der Waals surface area contributed by atoms with E-state index in [1.165, 1.54) is 4.90 Å². The molecule has 1 fully saturated rings. The van der Waals surface area contributed by atoms with Crippen molar-refractivity contribution in [3.05, 3.63) is 65.2 Å². The lowest BCUT2D eigenvalue weighted by Crippen LogP contribution is -2.49. The van der Waals surface area contributed by atoms with Gasteiger partial charge in [0, 0.05) is 10.9 Å². The number of ether oxygens (including phenoxy) is 1. The third-order valence-corrected chi connectivity index (χ3v) is 5.31. The number of para-hydroxylation sites is 1. The minimum Gasteiger partial charge on any atom is -0.447 e. The van der Waals surface area contributed by atoms with Crippen LogP contribution in [0.4, 0.5) is 10.5 Å². The minimum absolute atomic E-state index is 0.181. The summed E-state index contributed by atoms with van der Waals surface area (Å²) in [5.74, 6) is -0.474. The van der Waals surface area contributed by atoms with Crippen LogP contribution in [0.25, 0.3) is 0 Å². The molecule has 2 aliphatic heterocycles. The molecule has 2 aromatic carbocycles. The van der Waals surface area contributed by atoms with Crippen LogP contribution in [0.2, 0.25) is 5.02 Å². The molecule has 0 radical (unpaired) electrons. The highest BCUT2D eigenvalue weighted by Gasteiger charge is 2.46. The summed E-state index contributed by atoms with van der Waals surface area (Å²) in [6.07, 6.45) is 0.0950. The molecule has 0 spiro atoms. The van der Waals surface area contributed by atoms with E-state index in [2.05, 4.69) is 0 Å². The molecule has 2 amide bonds. The molecule has 144 valence electrons. The largest absolute Gasteiger partial charge is 0.447 e. The fourth-order valence-corrected chi connectivity index (χ4v) is 3.93. The quantitative estimate of drug-likeness (QED) is 0.784. The summed E-state index contributed by atoms with van der Waals surface area (Å²) >= 11 is 6.18. The lowest BCUT2D eigenvalue weighted by molar-refractivity contribution is -0.129. The first-order valence-corrected chi connectivity index (χ1v) is 9.64. The maximum atomic E-state index is 13.3. The van der Waals surface area contributed by atoms with E-state index in [1.807, 2.05) is 55.5 Å². The van der Waals surface area contributed by atoms with E-state index >= 15 is 0 Å². The first-order valence-electron chi connectivity index (χ1n) is 9.27. The Labute approximate surface area is 168 Å². The van der Waals surface area contributed by atoms with E-state index in [9.17, 15) is 9.59 Å². The Morgan fingerprint density at radius 2 is 2.00 bits per heavy atom. The molecule has 0 bridgehead atoms. The van der Waals surface area contributed by atoms with Crippen molar-refractivity contribution in [3.8, 4) is 0 Å². The van der Waals surface area contributed by atoms with Crippen molar-refractivity contribution in [1.82, 2.24) is 4.90 Å². The molecule has 2 aliphatic rings. The second kappa shape index (κ2) is 7.64. The molecule has 2 heterocycles. The first kappa shape index (κ1) is 18.5. The molecule has 0 unspecified atom stereocenters. The van der Waals surface area contributed by atoms with E-state index < -0.39 is 12.1 Å². The van der Waals surface area contributed by atoms with Crippen molar-refractivity contribution < 1.29 is 14.3 Å². The minimum atomic E-state index is -0.618. The molecule has 0 aromatic heterocycles. The standard InChI is InChI=1S/C21H20ClN3O3/c1-2-17-18(14-7-6-8-15(22)13-14)23-25(16-9-4-3-5-10-16)19(17)20(26)24-11-12-28-21(24)27/h3-10,13,17,19H,2,11-12H2,1H3/t17-,19-/m0/s1. The molecule has 4 rings (SSSR count). The van der Waals surface area contributed by atoms with Crippen LogP contribution in [0.15, 0.2) is 59.7 Å². The first-order chi connectivity index (χ1) is 13.6. The number of hydrogen-bond acceptors (Lipinski definition) is 5. The van der Waals surface area contributed by atoms with Crippen LogP contribution in [0.5, 0.6) is 0 Å². The highest BCUT2D eigenvalue weighted by molar-refractivity contribution is 6.31. The number of halogens is 1. The van der Waals surface area contributed by atoms with E-state index in [4.69, 9.17) is 21.4 Å². The summed E-state index contributed by atoms with van der Waals surface area (Å²) in [5.41, 5.74) is 2.46. The zero-order chi connectivity index (χ0) is 19.7.